The van der Waals surface area contributed by atoms with E-state index in [4.69, 9.17) is 0 Å². The third-order valence-corrected chi connectivity index (χ3v) is 15.6. The van der Waals surface area contributed by atoms with Gasteiger partial charge in [-0.2, -0.15) is 0 Å². The molecule has 3 heteroatoms. The number of nitrogens with zero attached hydrogens (tertiary/aromatic N) is 1. The largest absolute Gasteiger partial charge is 0.289 e. The van der Waals surface area contributed by atoms with Gasteiger partial charge in [0.1, 0.15) is 0 Å². The molecule has 0 saturated carbocycles. The summed E-state index contributed by atoms with van der Waals surface area (Å²) in [7, 11) is 0. The summed E-state index contributed by atoms with van der Waals surface area (Å²) in [5.41, 5.74) is 6.84. The van der Waals surface area contributed by atoms with Gasteiger partial charge < -0.3 is 0 Å². The van der Waals surface area contributed by atoms with Crippen molar-refractivity contribution in [1.82, 2.24) is 4.98 Å². The first-order chi connectivity index (χ1) is 29.3. The molecule has 0 aliphatic heterocycles. The molecule has 1 heterocycles. The van der Waals surface area contributed by atoms with Crippen molar-refractivity contribution in [3.05, 3.63) is 185 Å². The summed E-state index contributed by atoms with van der Waals surface area (Å²) in [6, 6.07) is 33.9. The van der Waals surface area contributed by atoms with Crippen LogP contribution in [0.3, 0.4) is 0 Å². The van der Waals surface area contributed by atoms with Gasteiger partial charge >= 0.3 is 0 Å². The average molecular weight is 836 g/mol. The molecule has 0 aliphatic rings. The normalized spacial score (nSPS) is 13.5. The molecule has 326 valence electrons. The highest BCUT2D eigenvalue weighted by Crippen LogP contribution is 2.54. The van der Waals surface area contributed by atoms with Crippen LogP contribution in [-0.4, -0.2) is 16.6 Å². The number of rotatable bonds is 12. The SMILES string of the molecule is C=C/C=C(\C=C/C)C(=O)c1cc(C(C)(C)C(C)(C)c2c3ccccc3c(C(C)(C)C(C)(C)C)c3ccccc23)ccc1-c1ccc(C(C)(C)C(C)(C)C)cc1C(=O)c1ccncc1. The van der Waals surface area contributed by atoms with Gasteiger partial charge in [-0.3, -0.25) is 14.6 Å². The predicted octanol–water partition coefficient (Wildman–Crippen LogP) is 16.1. The molecule has 0 radical (unpaired) electrons. The van der Waals surface area contributed by atoms with E-state index < -0.39 is 10.8 Å². The number of fused-ring (bicyclic) bond motifs is 2. The van der Waals surface area contributed by atoms with Crippen molar-refractivity contribution in [2.75, 3.05) is 0 Å². The van der Waals surface area contributed by atoms with Crippen LogP contribution in [0.4, 0.5) is 0 Å². The minimum absolute atomic E-state index is 0.00269. The summed E-state index contributed by atoms with van der Waals surface area (Å²) in [4.78, 5) is 34.0. The van der Waals surface area contributed by atoms with Gasteiger partial charge in [-0.25, -0.2) is 0 Å². The van der Waals surface area contributed by atoms with Crippen LogP contribution >= 0.6 is 0 Å². The van der Waals surface area contributed by atoms with Crippen molar-refractivity contribution in [2.24, 2.45) is 10.8 Å². The van der Waals surface area contributed by atoms with Crippen LogP contribution in [0.1, 0.15) is 152 Å². The van der Waals surface area contributed by atoms with Gasteiger partial charge in [-0.05, 0) is 113 Å². The lowest BCUT2D eigenvalue weighted by atomic mass is 9.57. The number of hydrogen-bond acceptors (Lipinski definition) is 3. The number of allylic oxidation sites excluding steroid dienone is 5. The number of hydrogen-bond donors (Lipinski definition) is 0. The molecule has 1 aromatic heterocycles. The lowest BCUT2D eigenvalue weighted by Gasteiger charge is -2.46. The summed E-state index contributed by atoms with van der Waals surface area (Å²) in [5, 5.41) is 5.04. The molecule has 6 rings (SSSR count). The van der Waals surface area contributed by atoms with Crippen LogP contribution in [0.2, 0.25) is 0 Å². The van der Waals surface area contributed by atoms with Crippen molar-refractivity contribution < 1.29 is 9.59 Å². The van der Waals surface area contributed by atoms with E-state index in [-0.39, 0.29) is 33.2 Å². The lowest BCUT2D eigenvalue weighted by molar-refractivity contribution is 0.102. The Kier molecular flexibility index (Phi) is 12.5. The molecule has 6 aromatic rings. The van der Waals surface area contributed by atoms with Gasteiger partial charge in [-0.1, -0.05) is 201 Å². The molecule has 5 aromatic carbocycles. The smallest absolute Gasteiger partial charge is 0.193 e. The molecule has 0 bridgehead atoms. The van der Waals surface area contributed by atoms with Gasteiger partial charge in [0.2, 0.25) is 0 Å². The third kappa shape index (κ3) is 8.09. The zero-order valence-electron chi connectivity index (χ0n) is 40.7. The first-order valence-electron chi connectivity index (χ1n) is 22.5. The van der Waals surface area contributed by atoms with Crippen molar-refractivity contribution >= 4 is 33.1 Å². The Morgan fingerprint density at radius 1 is 0.524 bits per heavy atom. The minimum atomic E-state index is -0.508. The monoisotopic (exact) mass is 836 g/mol. The average Bonchev–Trinajstić information content (AvgIpc) is 3.23. The Labute approximate surface area is 378 Å². The highest BCUT2D eigenvalue weighted by atomic mass is 16.1. The van der Waals surface area contributed by atoms with Gasteiger partial charge in [0, 0.05) is 40.1 Å². The maximum Gasteiger partial charge on any atom is 0.193 e. The Morgan fingerprint density at radius 2 is 0.952 bits per heavy atom. The Bertz CT molecular complexity index is 2740. The number of aromatic nitrogens is 1. The van der Waals surface area contributed by atoms with Crippen molar-refractivity contribution in [2.45, 2.75) is 126 Å². The maximum absolute atomic E-state index is 15.1. The van der Waals surface area contributed by atoms with Crippen molar-refractivity contribution in [3.63, 3.8) is 0 Å². The van der Waals surface area contributed by atoms with Crippen LogP contribution in [0.5, 0.6) is 0 Å². The fraction of sp³-hybridized carbons (Fsp3) is 0.350. The number of pyridine rings is 1. The molecule has 0 unspecified atom stereocenters. The molecule has 0 spiro atoms. The maximum atomic E-state index is 15.1. The molecular weight excluding hydrogens is 767 g/mol. The van der Waals surface area contributed by atoms with Crippen LogP contribution in [0.25, 0.3) is 32.7 Å². The molecule has 3 nitrogen and oxygen atoms in total. The second kappa shape index (κ2) is 16.8. The number of ketones is 2. The van der Waals surface area contributed by atoms with Gasteiger partial charge in [0.15, 0.2) is 11.6 Å². The number of carbonyl (C=O) groups is 2. The van der Waals surface area contributed by atoms with E-state index in [1.807, 2.05) is 31.2 Å². The second-order valence-corrected chi connectivity index (χ2v) is 21.6. The van der Waals surface area contributed by atoms with E-state index in [0.717, 1.165) is 11.1 Å². The standard InChI is InChI=1S/C60H69NO2/c1-17-23-39(24-18-2)53(62)50-38-42(30-32-44(50)43-31-29-41(57(9,10)55(3,4)5)37-49(43)54(63)40-33-35-61-36-34-40)58(11,12)60(15,16)52-47-27-21-19-25-45(47)51(59(13,14)56(6,7)8)46-26-20-22-28-48(46)52/h17-38H,1H2,2-16H3/b24-18-,39-23+. The molecule has 63 heavy (non-hydrogen) atoms. The van der Waals surface area contributed by atoms with Crippen molar-refractivity contribution in [3.8, 4) is 11.1 Å². The quantitative estimate of drug-likeness (QED) is 0.0534. The van der Waals surface area contributed by atoms with E-state index in [9.17, 15) is 4.79 Å². The highest BCUT2D eigenvalue weighted by Gasteiger charge is 2.44. The molecule has 0 N–H and O–H groups in total. The van der Waals surface area contributed by atoms with Crippen molar-refractivity contribution in [1.29, 1.82) is 0 Å². The fourth-order valence-corrected chi connectivity index (χ4v) is 9.00. The van der Waals surface area contributed by atoms with Crippen LogP contribution in [-0.2, 0) is 21.7 Å². The molecular formula is C60H69NO2. The fourth-order valence-electron chi connectivity index (χ4n) is 9.00. The summed E-state index contributed by atoms with van der Waals surface area (Å²) in [6.07, 6.45) is 10.5. The van der Waals surface area contributed by atoms with Gasteiger partial charge in [-0.15, -0.1) is 0 Å². The third-order valence-electron chi connectivity index (χ3n) is 15.6. The highest BCUT2D eigenvalue weighted by molar-refractivity contribution is 6.18. The van der Waals surface area contributed by atoms with Crippen LogP contribution < -0.4 is 0 Å². The van der Waals surface area contributed by atoms with Crippen LogP contribution in [0.15, 0.2) is 146 Å². The van der Waals surface area contributed by atoms with E-state index in [1.54, 1.807) is 36.7 Å². The zero-order valence-corrected chi connectivity index (χ0v) is 40.7. The Balaban J connectivity index is 1.66. The first kappa shape index (κ1) is 46.8. The lowest BCUT2D eigenvalue weighted by Crippen LogP contribution is -2.41. The summed E-state index contributed by atoms with van der Waals surface area (Å²) in [5.74, 6) is -0.250. The number of benzene rings is 5. The van der Waals surface area contributed by atoms with E-state index in [0.29, 0.717) is 33.4 Å². The first-order valence-corrected chi connectivity index (χ1v) is 22.5. The Hall–Kier alpha value is -5.67. The summed E-state index contributed by atoms with van der Waals surface area (Å²) < 4.78 is 0. The second-order valence-electron chi connectivity index (χ2n) is 21.6. The van der Waals surface area contributed by atoms with E-state index >= 15 is 4.79 Å². The van der Waals surface area contributed by atoms with Gasteiger partial charge in [0.05, 0.1) is 0 Å². The Morgan fingerprint density at radius 3 is 1.40 bits per heavy atom. The molecule has 0 atom stereocenters. The molecule has 0 fully saturated rings. The predicted molar refractivity (Wildman–Crippen MR) is 269 cm³/mol. The number of carbonyl (C=O) groups excluding carboxylic acids is 2. The van der Waals surface area contributed by atoms with E-state index in [1.165, 1.54) is 32.7 Å². The van der Waals surface area contributed by atoms with Gasteiger partial charge in [0.25, 0.3) is 0 Å². The molecule has 0 aliphatic carbocycles. The summed E-state index contributed by atoms with van der Waals surface area (Å²) in [6.45, 7) is 38.1. The van der Waals surface area contributed by atoms with E-state index in [2.05, 4.69) is 181 Å². The van der Waals surface area contributed by atoms with Crippen LogP contribution in [0, 0.1) is 10.8 Å². The number of Topliss-reactive ketones (excluding diaryl/α,β-unsaturated/α-hetero) is 1. The zero-order chi connectivity index (χ0) is 46.5. The summed E-state index contributed by atoms with van der Waals surface area (Å²) >= 11 is 0. The topological polar surface area (TPSA) is 47.0 Å². The molecule has 0 amide bonds. The minimum Gasteiger partial charge on any atom is -0.289 e. The molecule has 0 saturated heterocycles.